The molecule has 0 radical (unpaired) electrons. The van der Waals surface area contributed by atoms with Crippen LogP contribution in [0.2, 0.25) is 0 Å². The molecule has 0 unspecified atom stereocenters. The summed E-state index contributed by atoms with van der Waals surface area (Å²) >= 11 is 0. The first kappa shape index (κ1) is 8.37. The van der Waals surface area contributed by atoms with Gasteiger partial charge in [0.1, 0.15) is 0 Å². The van der Waals surface area contributed by atoms with E-state index in [1.807, 2.05) is 0 Å². The van der Waals surface area contributed by atoms with Gasteiger partial charge in [-0.3, -0.25) is 0 Å². The van der Waals surface area contributed by atoms with Gasteiger partial charge in [0, 0.05) is 17.6 Å². The zero-order valence-electron chi connectivity index (χ0n) is 6.48. The number of nitrogens with zero attached hydrogens (tertiary/aromatic N) is 3. The fourth-order valence-electron chi connectivity index (χ4n) is 1.52. The standard InChI is InChI=1S/C7H13N3O/c8-10-9-7-3-1-6(5-11)2-4-7/h6-7,11H,1-5H2/t6-,7-. The highest BCUT2D eigenvalue weighted by Crippen LogP contribution is 2.25. The first-order chi connectivity index (χ1) is 5.36. The van der Waals surface area contributed by atoms with Gasteiger partial charge in [-0.25, -0.2) is 0 Å². The molecule has 0 bridgehead atoms. The number of azide groups is 1. The Kier molecular flexibility index (Phi) is 3.20. The summed E-state index contributed by atoms with van der Waals surface area (Å²) in [6.07, 6.45) is 3.88. The second kappa shape index (κ2) is 4.21. The van der Waals surface area contributed by atoms with Gasteiger partial charge in [0.05, 0.1) is 0 Å². The largest absolute Gasteiger partial charge is 0.396 e. The van der Waals surface area contributed by atoms with Gasteiger partial charge in [-0.1, -0.05) is 5.11 Å². The molecule has 11 heavy (non-hydrogen) atoms. The summed E-state index contributed by atoms with van der Waals surface area (Å²) in [6.45, 7) is 0.281. The van der Waals surface area contributed by atoms with E-state index in [1.165, 1.54) is 0 Å². The van der Waals surface area contributed by atoms with Gasteiger partial charge in [0.25, 0.3) is 0 Å². The average Bonchev–Trinajstić information content (AvgIpc) is 2.07. The Morgan fingerprint density at radius 1 is 1.36 bits per heavy atom. The fourth-order valence-corrected chi connectivity index (χ4v) is 1.52. The maximum Gasteiger partial charge on any atom is 0.0459 e. The molecule has 0 heterocycles. The van der Waals surface area contributed by atoms with Crippen LogP contribution in [0.1, 0.15) is 25.7 Å². The quantitative estimate of drug-likeness (QED) is 0.369. The van der Waals surface area contributed by atoms with Crippen LogP contribution >= 0.6 is 0 Å². The van der Waals surface area contributed by atoms with Crippen LogP contribution in [0.5, 0.6) is 0 Å². The van der Waals surface area contributed by atoms with Crippen molar-refractivity contribution in [1.29, 1.82) is 0 Å². The second-order valence-corrected chi connectivity index (χ2v) is 3.06. The molecule has 1 fully saturated rings. The van der Waals surface area contributed by atoms with E-state index >= 15 is 0 Å². The van der Waals surface area contributed by atoms with Crippen LogP contribution in [0.15, 0.2) is 5.11 Å². The Bertz CT molecular complexity index is 157. The summed E-state index contributed by atoms with van der Waals surface area (Å²) < 4.78 is 0. The van der Waals surface area contributed by atoms with E-state index in [0.717, 1.165) is 25.7 Å². The lowest BCUT2D eigenvalue weighted by atomic mass is 9.87. The van der Waals surface area contributed by atoms with Crippen molar-refractivity contribution < 1.29 is 5.11 Å². The maximum atomic E-state index is 8.80. The molecule has 0 atom stereocenters. The second-order valence-electron chi connectivity index (χ2n) is 3.06. The summed E-state index contributed by atoms with van der Waals surface area (Å²) in [5, 5.41) is 12.5. The van der Waals surface area contributed by atoms with Gasteiger partial charge >= 0.3 is 0 Å². The van der Waals surface area contributed by atoms with Gasteiger partial charge in [-0.15, -0.1) is 0 Å². The van der Waals surface area contributed by atoms with Crippen LogP contribution in [0, 0.1) is 5.92 Å². The van der Waals surface area contributed by atoms with E-state index in [2.05, 4.69) is 10.0 Å². The lowest BCUT2D eigenvalue weighted by Gasteiger charge is -2.23. The molecule has 0 amide bonds. The van der Waals surface area contributed by atoms with Gasteiger partial charge in [-0.05, 0) is 37.1 Å². The number of aliphatic hydroxyl groups excluding tert-OH is 1. The normalized spacial score (nSPS) is 31.0. The number of rotatable bonds is 2. The SMILES string of the molecule is [N-]=[N+]=N[C@H]1CC[C@H](CO)CC1. The molecule has 0 aromatic heterocycles. The third-order valence-electron chi connectivity index (χ3n) is 2.29. The van der Waals surface area contributed by atoms with E-state index < -0.39 is 0 Å². The van der Waals surface area contributed by atoms with Crippen molar-refractivity contribution in [2.24, 2.45) is 11.0 Å². The molecule has 4 nitrogen and oxygen atoms in total. The summed E-state index contributed by atoms with van der Waals surface area (Å²) in [5.41, 5.74) is 8.15. The average molecular weight is 155 g/mol. The highest BCUT2D eigenvalue weighted by atomic mass is 16.3. The minimum Gasteiger partial charge on any atom is -0.396 e. The number of hydrogen-bond acceptors (Lipinski definition) is 2. The number of aliphatic hydroxyl groups is 1. The molecule has 0 spiro atoms. The van der Waals surface area contributed by atoms with Crippen LogP contribution in [-0.4, -0.2) is 17.8 Å². The summed E-state index contributed by atoms with van der Waals surface area (Å²) in [4.78, 5) is 2.77. The predicted octanol–water partition coefficient (Wildman–Crippen LogP) is 1.85. The Morgan fingerprint density at radius 3 is 2.45 bits per heavy atom. The third kappa shape index (κ3) is 2.41. The van der Waals surface area contributed by atoms with Gasteiger partial charge in [0.2, 0.25) is 0 Å². The molecule has 1 saturated carbocycles. The molecule has 4 heteroatoms. The topological polar surface area (TPSA) is 69.0 Å². The van der Waals surface area contributed by atoms with Gasteiger partial charge < -0.3 is 5.11 Å². The Hall–Kier alpha value is -0.730. The zero-order chi connectivity index (χ0) is 8.10. The number of hydrogen-bond donors (Lipinski definition) is 1. The summed E-state index contributed by atoms with van der Waals surface area (Å²) in [7, 11) is 0. The van der Waals surface area contributed by atoms with Crippen molar-refractivity contribution in [3.05, 3.63) is 10.4 Å². The van der Waals surface area contributed by atoms with Crippen LogP contribution in [0.3, 0.4) is 0 Å². The molecule has 0 aromatic rings. The van der Waals surface area contributed by atoms with Gasteiger partial charge in [-0.2, -0.15) is 0 Å². The predicted molar refractivity (Wildman–Crippen MR) is 42.0 cm³/mol. The van der Waals surface area contributed by atoms with Crippen LogP contribution in [0.4, 0.5) is 0 Å². The molecular formula is C7H13N3O. The van der Waals surface area contributed by atoms with Crippen LogP contribution < -0.4 is 0 Å². The minimum absolute atomic E-state index is 0.183. The van der Waals surface area contributed by atoms with Crippen molar-refractivity contribution in [2.45, 2.75) is 31.7 Å². The fraction of sp³-hybridized carbons (Fsp3) is 1.00. The Balaban J connectivity index is 2.29. The minimum atomic E-state index is 0.183. The smallest absolute Gasteiger partial charge is 0.0459 e. The first-order valence-corrected chi connectivity index (χ1v) is 4.02. The van der Waals surface area contributed by atoms with Crippen LogP contribution in [0.25, 0.3) is 10.4 Å². The lowest BCUT2D eigenvalue weighted by molar-refractivity contribution is 0.183. The van der Waals surface area contributed by atoms with E-state index in [4.69, 9.17) is 10.6 Å². The van der Waals surface area contributed by atoms with E-state index in [1.54, 1.807) is 0 Å². The Morgan fingerprint density at radius 2 is 2.00 bits per heavy atom. The summed E-state index contributed by atoms with van der Waals surface area (Å²) in [5.74, 6) is 0.445. The van der Waals surface area contributed by atoms with Crippen molar-refractivity contribution in [2.75, 3.05) is 6.61 Å². The Labute approximate surface area is 65.9 Å². The molecular weight excluding hydrogens is 142 g/mol. The molecule has 0 aliphatic heterocycles. The summed E-state index contributed by atoms with van der Waals surface area (Å²) in [6, 6.07) is 0.183. The lowest BCUT2D eigenvalue weighted by Crippen LogP contribution is -2.18. The molecule has 1 rings (SSSR count). The highest BCUT2D eigenvalue weighted by Gasteiger charge is 2.18. The van der Waals surface area contributed by atoms with Crippen molar-refractivity contribution in [3.63, 3.8) is 0 Å². The zero-order valence-corrected chi connectivity index (χ0v) is 6.48. The van der Waals surface area contributed by atoms with Gasteiger partial charge in [0.15, 0.2) is 0 Å². The molecule has 0 saturated heterocycles. The molecule has 0 aromatic carbocycles. The van der Waals surface area contributed by atoms with E-state index in [-0.39, 0.29) is 12.6 Å². The first-order valence-electron chi connectivity index (χ1n) is 4.02. The van der Waals surface area contributed by atoms with Crippen molar-refractivity contribution >= 4 is 0 Å². The molecule has 1 aliphatic rings. The van der Waals surface area contributed by atoms with Crippen molar-refractivity contribution in [1.82, 2.24) is 0 Å². The van der Waals surface area contributed by atoms with Crippen LogP contribution in [-0.2, 0) is 0 Å². The monoisotopic (exact) mass is 155 g/mol. The third-order valence-corrected chi connectivity index (χ3v) is 2.29. The molecule has 1 N–H and O–H groups in total. The highest BCUT2D eigenvalue weighted by molar-refractivity contribution is 4.76. The van der Waals surface area contributed by atoms with E-state index in [0.29, 0.717) is 5.92 Å². The maximum absolute atomic E-state index is 8.80. The van der Waals surface area contributed by atoms with Crippen molar-refractivity contribution in [3.8, 4) is 0 Å². The van der Waals surface area contributed by atoms with E-state index in [9.17, 15) is 0 Å². The molecule has 1 aliphatic carbocycles. The molecule has 62 valence electrons.